The summed E-state index contributed by atoms with van der Waals surface area (Å²) in [6, 6.07) is 0. The quantitative estimate of drug-likeness (QED) is 0.0563. The molecular formula is C26H33F20IN4O8. The molecule has 2 atom stereocenters. The number of ether oxygens (including phenoxy) is 2. The van der Waals surface area contributed by atoms with Crippen molar-refractivity contribution in [2.75, 3.05) is 65.3 Å². The number of hydrogen-bond donors (Lipinski definition) is 3. The van der Waals surface area contributed by atoms with E-state index in [1.54, 1.807) is 41.6 Å². The summed E-state index contributed by atoms with van der Waals surface area (Å²) in [6.45, 7) is -1.46. The van der Waals surface area contributed by atoms with Gasteiger partial charge in [0.05, 0.1) is 31.0 Å². The first-order valence-corrected chi connectivity index (χ1v) is 16.5. The lowest BCUT2D eigenvalue weighted by molar-refractivity contribution is -0.884. The van der Waals surface area contributed by atoms with Crippen molar-refractivity contribution in [2.24, 2.45) is 0 Å². The first-order chi connectivity index (χ1) is 25.8. The van der Waals surface area contributed by atoms with Crippen LogP contribution in [0.3, 0.4) is 0 Å². The van der Waals surface area contributed by atoms with Crippen LogP contribution in [0.15, 0.2) is 0 Å². The zero-order valence-corrected chi connectivity index (χ0v) is 32.1. The number of carbonyl (C=O) groups is 4. The Labute approximate surface area is 332 Å². The fourth-order valence-electron chi connectivity index (χ4n) is 3.25. The number of aliphatic carboxylic acids is 2. The van der Waals surface area contributed by atoms with Crippen LogP contribution in [0.1, 0.15) is 12.8 Å². The van der Waals surface area contributed by atoms with Crippen LogP contribution in [0, 0.1) is 0 Å². The maximum absolute atomic E-state index is 13.1. The Morgan fingerprint density at radius 1 is 0.661 bits per heavy atom. The van der Waals surface area contributed by atoms with Crippen molar-refractivity contribution in [3.8, 4) is 0 Å². The molecule has 33 heteroatoms. The average molecular weight is 1040 g/mol. The third-order valence-electron chi connectivity index (χ3n) is 6.04. The number of alkyl halides is 21. The van der Waals surface area contributed by atoms with E-state index in [9.17, 15) is 112 Å². The molecule has 59 heavy (non-hydrogen) atoms. The molecule has 0 aromatic carbocycles. The number of carboxylic acids is 2. The van der Waals surface area contributed by atoms with Crippen molar-refractivity contribution in [1.29, 1.82) is 0 Å². The summed E-state index contributed by atoms with van der Waals surface area (Å²) in [5, 5.41) is 21.1. The van der Waals surface area contributed by atoms with Crippen LogP contribution in [-0.4, -0.2) is 165 Å². The summed E-state index contributed by atoms with van der Waals surface area (Å²) in [7, 11) is 5.89. The van der Waals surface area contributed by atoms with Gasteiger partial charge in [-0.15, -0.1) is 0 Å². The van der Waals surface area contributed by atoms with E-state index in [4.69, 9.17) is 5.11 Å². The Balaban J connectivity index is -0.000000959. The van der Waals surface area contributed by atoms with Crippen LogP contribution in [0.4, 0.5) is 87.8 Å². The lowest BCUT2D eigenvalue weighted by Gasteiger charge is -2.31. The van der Waals surface area contributed by atoms with Gasteiger partial charge in [0.15, 0.2) is 0 Å². The molecule has 0 aliphatic heterocycles. The Morgan fingerprint density at radius 3 is 1.20 bits per heavy atom. The molecular weight excluding hydrogens is 1000 g/mol. The molecule has 0 aromatic rings. The van der Waals surface area contributed by atoms with Gasteiger partial charge in [-0.2, -0.15) is 87.8 Å². The van der Waals surface area contributed by atoms with E-state index < -0.39 is 104 Å². The molecule has 0 rings (SSSR count). The van der Waals surface area contributed by atoms with E-state index in [0.717, 1.165) is 0 Å². The van der Waals surface area contributed by atoms with Crippen molar-refractivity contribution in [2.45, 2.75) is 73.8 Å². The van der Waals surface area contributed by atoms with E-state index in [-0.39, 0.29) is 34.8 Å². The number of carboxylic acid groups (broad SMARTS) is 2. The van der Waals surface area contributed by atoms with Crippen LogP contribution in [0.5, 0.6) is 0 Å². The molecule has 0 spiro atoms. The number of carbonyl (C=O) groups excluding carboxylic acids is 3. The molecule has 2 amide bonds. The third-order valence-corrected chi connectivity index (χ3v) is 6.69. The zero-order chi connectivity index (χ0) is 48.0. The molecule has 0 radical (unpaired) electrons. The molecule has 0 fully saturated rings. The second-order valence-corrected chi connectivity index (χ2v) is 12.8. The summed E-state index contributed by atoms with van der Waals surface area (Å²) in [4.78, 5) is 44.1. The fourth-order valence-corrected chi connectivity index (χ4v) is 3.25. The molecule has 3 N–H and O–H groups in total. The highest BCUT2D eigenvalue weighted by atomic mass is 127. The number of nitrogens with one attached hydrogen (secondary N) is 2. The minimum atomic E-state index is -7.00. The minimum absolute atomic E-state index is 0.0540. The molecule has 0 aliphatic carbocycles. The van der Waals surface area contributed by atoms with Crippen LogP contribution in [0.25, 0.3) is 0 Å². The molecule has 2 unspecified atom stereocenters. The van der Waals surface area contributed by atoms with Gasteiger partial charge in [-0.3, -0.25) is 23.9 Å². The average Bonchev–Trinajstić information content (AvgIpc) is 3.00. The number of likely N-dealkylation sites (N-methyl/N-ethyl adjacent to an activating group) is 1. The highest BCUT2D eigenvalue weighted by Gasteiger charge is 2.77. The number of amides is 2. The van der Waals surface area contributed by atoms with Crippen LogP contribution < -0.4 is 15.7 Å². The Kier molecular flexibility index (Phi) is 23.3. The lowest BCUT2D eigenvalue weighted by atomic mass is 10.2. The second kappa shape index (κ2) is 22.8. The zero-order valence-electron chi connectivity index (χ0n) is 29.9. The summed E-state index contributed by atoms with van der Waals surface area (Å²) >= 11 is 1.78. The summed E-state index contributed by atoms with van der Waals surface area (Å²) < 4.78 is 255. The fraction of sp³-hybridized carbons (Fsp3) is 0.846. The van der Waals surface area contributed by atoms with Gasteiger partial charge in [-0.25, -0.2) is 0 Å². The topological polar surface area (TPSA) is 157 Å². The van der Waals surface area contributed by atoms with Crippen molar-refractivity contribution >= 4 is 46.3 Å². The van der Waals surface area contributed by atoms with Gasteiger partial charge in [0.1, 0.15) is 6.54 Å². The summed E-state index contributed by atoms with van der Waals surface area (Å²) in [6.07, 6.45) is -47.8. The van der Waals surface area contributed by atoms with E-state index >= 15 is 0 Å². The smallest absolute Gasteiger partial charge is 0.462 e. The molecule has 0 heterocycles. The standard InChI is InChI=1S/C13H16F10N2O4.C11H14F10N2O2.C2H3IO2/c1-25(2,6-7(26)27)5-3-4-24-9(28)8(10(14,15)16)29-13(22,23)11(17,18)12(19,20)21;1-23(2)5-3-4-22-7(24)6(8(12,13)14)25-11(20,21)9(15,16)10(17,18)19;3-1-2(4)5/h8H,3-6H2,1-2H3,(H-,24,26,27,28);6H,3-5H2,1-2H3,(H,22,24);1H2,(H,4,5). The highest BCUT2D eigenvalue weighted by Crippen LogP contribution is 2.49. The van der Waals surface area contributed by atoms with Crippen LogP contribution in [-0.2, 0) is 28.7 Å². The number of nitrogens with zero attached hydrogens (tertiary/aromatic N) is 2. The molecule has 0 saturated heterocycles. The van der Waals surface area contributed by atoms with Crippen LogP contribution in [0.2, 0.25) is 0 Å². The van der Waals surface area contributed by atoms with Crippen LogP contribution >= 0.6 is 22.6 Å². The molecule has 0 bridgehead atoms. The first-order valence-electron chi connectivity index (χ1n) is 15.0. The maximum atomic E-state index is 13.1. The first kappa shape index (κ1) is 60.4. The van der Waals surface area contributed by atoms with Crippen molar-refractivity contribution in [1.82, 2.24) is 15.5 Å². The predicted molar refractivity (Wildman–Crippen MR) is 161 cm³/mol. The Hall–Kier alpha value is -2.95. The number of hydrogen-bond acceptors (Lipinski definition) is 8. The van der Waals surface area contributed by atoms with Gasteiger partial charge in [-0.1, -0.05) is 22.6 Å². The van der Waals surface area contributed by atoms with Gasteiger partial charge in [0.25, 0.3) is 11.8 Å². The normalized spacial score (nSPS) is 14.6. The Bertz CT molecular complexity index is 1340. The predicted octanol–water partition coefficient (Wildman–Crippen LogP) is 4.36. The molecule has 352 valence electrons. The third kappa shape index (κ3) is 21.4. The van der Waals surface area contributed by atoms with E-state index in [1.165, 1.54) is 24.7 Å². The van der Waals surface area contributed by atoms with E-state index in [2.05, 4.69) is 9.47 Å². The Morgan fingerprint density at radius 2 is 0.966 bits per heavy atom. The van der Waals surface area contributed by atoms with Crippen molar-refractivity contribution < 1.29 is 131 Å². The highest BCUT2D eigenvalue weighted by molar-refractivity contribution is 14.1. The molecule has 0 saturated carbocycles. The number of quaternary nitrogens is 1. The van der Waals surface area contributed by atoms with E-state index in [0.29, 0.717) is 0 Å². The lowest BCUT2D eigenvalue weighted by Crippen LogP contribution is -2.58. The molecule has 0 aliphatic rings. The summed E-state index contributed by atoms with van der Waals surface area (Å²) in [5.74, 6) is -20.9. The largest absolute Gasteiger partial charge is 0.544 e. The van der Waals surface area contributed by atoms with Gasteiger partial charge < -0.3 is 35.0 Å². The van der Waals surface area contributed by atoms with Crippen molar-refractivity contribution in [3.63, 3.8) is 0 Å². The molecule has 12 nitrogen and oxygen atoms in total. The van der Waals surface area contributed by atoms with Gasteiger partial charge in [0, 0.05) is 19.5 Å². The van der Waals surface area contributed by atoms with Gasteiger partial charge in [0.2, 0.25) is 12.2 Å². The number of rotatable bonds is 19. The second-order valence-electron chi connectivity index (χ2n) is 12.1. The van der Waals surface area contributed by atoms with Gasteiger partial charge >= 0.3 is 54.7 Å². The molecule has 0 aromatic heterocycles. The SMILES string of the molecule is CN(C)CCCNC(=O)C(OC(F)(F)C(F)(F)C(F)(F)F)C(F)(F)F.C[N+](C)(CCCNC(=O)C(OC(F)(F)C(F)(F)C(F)(F)F)C(F)(F)F)CC(=O)[O-].O=C(O)CI. The maximum Gasteiger partial charge on any atom is 0.462 e. The van der Waals surface area contributed by atoms with Crippen molar-refractivity contribution in [3.05, 3.63) is 0 Å². The van der Waals surface area contributed by atoms with Gasteiger partial charge in [-0.05, 0) is 27.1 Å². The monoisotopic (exact) mass is 1040 g/mol. The van der Waals surface area contributed by atoms with E-state index in [1.807, 2.05) is 0 Å². The minimum Gasteiger partial charge on any atom is -0.544 e. The number of halogens is 21. The summed E-state index contributed by atoms with van der Waals surface area (Å²) in [5.41, 5.74) is 0.